The largest absolute Gasteiger partial charge is 0.458 e. The first-order valence-corrected chi connectivity index (χ1v) is 11.7. The van der Waals surface area contributed by atoms with Crippen molar-refractivity contribution in [2.75, 3.05) is 0 Å². The number of carbonyl (C=O) groups excluding carboxylic acids is 1. The van der Waals surface area contributed by atoms with Gasteiger partial charge in [0.2, 0.25) is 0 Å². The molecular weight excluding hydrogens is 522 g/mol. The van der Waals surface area contributed by atoms with Crippen LogP contribution in [0.1, 0.15) is 29.8 Å². The maximum Gasteiger partial charge on any atom is 0.309 e. The highest BCUT2D eigenvalue weighted by molar-refractivity contribution is 6.42. The Kier molecular flexibility index (Phi) is 7.60. The lowest BCUT2D eigenvalue weighted by atomic mass is 9.91. The molecule has 1 saturated heterocycles. The molecule has 7 nitrogen and oxygen atoms in total. The maximum absolute atomic E-state index is 11.8. The van der Waals surface area contributed by atoms with Crippen LogP contribution >= 0.6 is 46.4 Å². The Morgan fingerprint density at radius 2 is 1.62 bits per heavy atom. The van der Waals surface area contributed by atoms with E-state index in [0.29, 0.717) is 48.2 Å². The number of benzene rings is 2. The number of allylic oxidation sites excluding steroid dienone is 2. The van der Waals surface area contributed by atoms with Crippen molar-refractivity contribution in [3.8, 4) is 0 Å². The van der Waals surface area contributed by atoms with Gasteiger partial charge in [-0.25, -0.2) is 4.68 Å². The third-order valence-electron chi connectivity index (χ3n) is 5.22. The molecule has 4 rings (SSSR count). The van der Waals surface area contributed by atoms with Gasteiger partial charge in [-0.3, -0.25) is 4.79 Å². The van der Waals surface area contributed by atoms with Crippen LogP contribution in [0, 0.1) is 0 Å². The van der Waals surface area contributed by atoms with Crippen LogP contribution in [0.3, 0.4) is 0 Å². The van der Waals surface area contributed by atoms with Crippen molar-refractivity contribution in [2.45, 2.75) is 25.0 Å². The quantitative estimate of drug-likeness (QED) is 0.344. The van der Waals surface area contributed by atoms with E-state index < -0.39 is 18.2 Å². The van der Waals surface area contributed by atoms with E-state index in [0.717, 1.165) is 0 Å². The van der Waals surface area contributed by atoms with Crippen molar-refractivity contribution in [1.29, 1.82) is 0 Å². The molecule has 2 aromatic carbocycles. The van der Waals surface area contributed by atoms with Crippen LogP contribution < -0.4 is 0 Å². The van der Waals surface area contributed by atoms with Gasteiger partial charge in [-0.15, -0.1) is 5.10 Å². The van der Waals surface area contributed by atoms with E-state index in [9.17, 15) is 9.90 Å². The molecule has 1 N–H and O–H groups in total. The summed E-state index contributed by atoms with van der Waals surface area (Å²) in [4.78, 5) is 11.8. The summed E-state index contributed by atoms with van der Waals surface area (Å²) in [5.74, 6) is -0.122. The van der Waals surface area contributed by atoms with Gasteiger partial charge < -0.3 is 9.84 Å². The lowest BCUT2D eigenvalue weighted by molar-refractivity contribution is -0.156. The Balaban J connectivity index is 2.04. The molecule has 0 amide bonds. The van der Waals surface area contributed by atoms with E-state index in [4.69, 9.17) is 51.1 Å². The summed E-state index contributed by atoms with van der Waals surface area (Å²) in [6, 6.07) is 10.2. The molecule has 0 unspecified atom stereocenters. The zero-order valence-corrected chi connectivity index (χ0v) is 20.8. The molecule has 2 atom stereocenters. The number of ether oxygens (including phenoxy) is 1. The van der Waals surface area contributed by atoms with Gasteiger partial charge in [0.15, 0.2) is 5.82 Å². The van der Waals surface area contributed by atoms with Crippen molar-refractivity contribution in [3.63, 3.8) is 0 Å². The highest BCUT2D eigenvalue weighted by Crippen LogP contribution is 2.44. The standard InChI is InChI=1S/C23H18Cl4N4O3/c1-31-23(28-29-30-31)14(9-8-13-10-12(32)11-19(33)34-13)20(21-15(24)4-2-5-16(21)25)22-17(26)6-3-7-18(22)27/h2-9,12-13,32H,10-11H2,1H3/b9-8+/t12-,13-/m1/s1. The molecule has 0 radical (unpaired) electrons. The molecule has 1 aromatic heterocycles. The zero-order chi connectivity index (χ0) is 24.4. The molecule has 1 aliphatic rings. The molecule has 0 spiro atoms. The Hall–Kier alpha value is -2.42. The lowest BCUT2D eigenvalue weighted by Gasteiger charge is -2.24. The summed E-state index contributed by atoms with van der Waals surface area (Å²) >= 11 is 26.5. The minimum atomic E-state index is -0.796. The number of aromatic nitrogens is 4. The average Bonchev–Trinajstić information content (AvgIpc) is 3.18. The van der Waals surface area contributed by atoms with Gasteiger partial charge in [0.05, 0.1) is 12.5 Å². The first-order valence-electron chi connectivity index (χ1n) is 10.2. The number of rotatable bonds is 5. The number of hydrogen-bond donors (Lipinski definition) is 1. The molecule has 176 valence electrons. The summed E-state index contributed by atoms with van der Waals surface area (Å²) in [7, 11) is 1.67. The van der Waals surface area contributed by atoms with Gasteiger partial charge in [-0.05, 0) is 40.8 Å². The summed E-state index contributed by atoms with van der Waals surface area (Å²) in [6.07, 6.45) is 2.10. The van der Waals surface area contributed by atoms with Crippen LogP contribution in [0.15, 0.2) is 48.6 Å². The minimum absolute atomic E-state index is 0.0457. The van der Waals surface area contributed by atoms with E-state index >= 15 is 0 Å². The van der Waals surface area contributed by atoms with Crippen LogP contribution in [0.2, 0.25) is 20.1 Å². The fourth-order valence-corrected chi connectivity index (χ4v) is 4.90. The number of tetrazole rings is 1. The first kappa shape index (κ1) is 24.7. The van der Waals surface area contributed by atoms with E-state index in [1.807, 2.05) is 0 Å². The number of hydrogen-bond acceptors (Lipinski definition) is 6. The summed E-state index contributed by atoms with van der Waals surface area (Å²) in [5.41, 5.74) is 1.92. The lowest BCUT2D eigenvalue weighted by Crippen LogP contribution is -2.31. The van der Waals surface area contributed by atoms with Crippen LogP contribution in [0.5, 0.6) is 0 Å². The second-order valence-corrected chi connectivity index (χ2v) is 9.22. The Bertz CT molecular complexity index is 1210. The normalized spacial score (nSPS) is 18.2. The third kappa shape index (κ3) is 5.14. The summed E-state index contributed by atoms with van der Waals surface area (Å²) < 4.78 is 6.84. The number of cyclic esters (lactones) is 1. The molecule has 0 saturated carbocycles. The van der Waals surface area contributed by atoms with Gasteiger partial charge in [0, 0.05) is 55.8 Å². The second kappa shape index (κ2) is 10.5. The molecular formula is C23H18Cl4N4O3. The third-order valence-corrected chi connectivity index (χ3v) is 6.48. The van der Waals surface area contributed by atoms with Crippen LogP contribution in [0.25, 0.3) is 11.1 Å². The molecule has 1 fully saturated rings. The number of aliphatic hydroxyl groups excluding tert-OH is 1. The predicted octanol–water partition coefficient (Wildman–Crippen LogP) is 5.41. The van der Waals surface area contributed by atoms with Gasteiger partial charge in [0.1, 0.15) is 6.10 Å². The highest BCUT2D eigenvalue weighted by Gasteiger charge is 2.27. The Labute approximate surface area is 215 Å². The second-order valence-electron chi connectivity index (χ2n) is 7.59. The van der Waals surface area contributed by atoms with Crippen molar-refractivity contribution in [3.05, 3.63) is 85.6 Å². The molecule has 0 bridgehead atoms. The monoisotopic (exact) mass is 538 g/mol. The Morgan fingerprint density at radius 1 is 1.06 bits per heavy atom. The highest BCUT2D eigenvalue weighted by atomic mass is 35.5. The number of esters is 1. The fraction of sp³-hybridized carbons (Fsp3) is 0.217. The zero-order valence-electron chi connectivity index (χ0n) is 17.8. The number of nitrogens with zero attached hydrogens (tertiary/aromatic N) is 4. The van der Waals surface area contributed by atoms with E-state index in [1.165, 1.54) is 4.68 Å². The van der Waals surface area contributed by atoms with Crippen molar-refractivity contribution >= 4 is 63.5 Å². The van der Waals surface area contributed by atoms with Gasteiger partial charge in [0.25, 0.3) is 0 Å². The van der Waals surface area contributed by atoms with Crippen molar-refractivity contribution < 1.29 is 14.6 Å². The maximum atomic E-state index is 11.8. The predicted molar refractivity (Wildman–Crippen MR) is 132 cm³/mol. The SMILES string of the molecule is Cn1nnnc1C(/C=C/[C@@H]1C[C@@H](O)CC(=O)O1)=C(c1c(Cl)cccc1Cl)c1c(Cl)cccc1Cl. The van der Waals surface area contributed by atoms with E-state index in [-0.39, 0.29) is 12.8 Å². The number of aliphatic hydroxyl groups is 1. The first-order chi connectivity index (χ1) is 16.3. The molecule has 1 aliphatic heterocycles. The van der Waals surface area contributed by atoms with Crippen LogP contribution in [0.4, 0.5) is 0 Å². The summed E-state index contributed by atoms with van der Waals surface area (Å²) in [6.45, 7) is 0. The number of aryl methyl sites for hydroxylation is 1. The topological polar surface area (TPSA) is 90.1 Å². The number of carbonyl (C=O) groups is 1. The molecule has 0 aliphatic carbocycles. The molecule has 34 heavy (non-hydrogen) atoms. The summed E-state index contributed by atoms with van der Waals surface area (Å²) in [5, 5.41) is 23.3. The molecule has 11 heteroatoms. The van der Waals surface area contributed by atoms with Crippen molar-refractivity contribution in [2.24, 2.45) is 7.05 Å². The van der Waals surface area contributed by atoms with Gasteiger partial charge in [-0.2, -0.15) is 0 Å². The molecule has 2 heterocycles. The fourth-order valence-electron chi connectivity index (χ4n) is 3.73. The van der Waals surface area contributed by atoms with E-state index in [1.54, 1.807) is 55.6 Å². The van der Waals surface area contributed by atoms with Gasteiger partial charge >= 0.3 is 5.97 Å². The number of halogens is 4. The molecule has 3 aromatic rings. The van der Waals surface area contributed by atoms with Crippen LogP contribution in [-0.2, 0) is 16.6 Å². The van der Waals surface area contributed by atoms with Crippen LogP contribution in [-0.4, -0.2) is 43.5 Å². The van der Waals surface area contributed by atoms with E-state index in [2.05, 4.69) is 15.5 Å². The minimum Gasteiger partial charge on any atom is -0.458 e. The smallest absolute Gasteiger partial charge is 0.309 e. The average molecular weight is 540 g/mol. The van der Waals surface area contributed by atoms with Gasteiger partial charge in [-0.1, -0.05) is 64.6 Å². The Morgan fingerprint density at radius 3 is 2.09 bits per heavy atom. The van der Waals surface area contributed by atoms with Crippen molar-refractivity contribution in [1.82, 2.24) is 20.2 Å².